The molecule has 0 aliphatic carbocycles. The zero-order chi connectivity index (χ0) is 21.7. The Morgan fingerprint density at radius 1 is 1.47 bits per heavy atom. The molecule has 1 aliphatic heterocycles. The van der Waals surface area contributed by atoms with E-state index in [2.05, 4.69) is 25.4 Å². The number of nitrogens with one attached hydrogen (secondary N) is 1. The van der Waals surface area contributed by atoms with Crippen molar-refractivity contribution in [3.63, 3.8) is 0 Å². The van der Waals surface area contributed by atoms with Crippen LogP contribution in [0.15, 0.2) is 28.0 Å². The van der Waals surface area contributed by atoms with Crippen LogP contribution in [0.2, 0.25) is 5.02 Å². The first-order valence-electron chi connectivity index (χ1n) is 8.78. The van der Waals surface area contributed by atoms with E-state index in [1.54, 1.807) is 19.9 Å². The maximum absolute atomic E-state index is 13.6. The number of hydrogen-bond acceptors (Lipinski definition) is 9. The van der Waals surface area contributed by atoms with Gasteiger partial charge in [0.25, 0.3) is 5.88 Å². The molecule has 0 spiro atoms. The number of halogens is 2. The maximum Gasteiger partial charge on any atom is 0.343 e. The standard InChI is InChI=1S/C17H19ClFN5O6/c1-17(2)28-9-24(29-17)16(25)20-5-6-27-15-14(22-30-23-15)13(21-26)8-10-3-4-11(18)12(19)7-10/h3-4,7,26H,5-6,8-9H2,1-2H3,(H,20,25). The predicted molar refractivity (Wildman–Crippen MR) is 99.6 cm³/mol. The molecule has 162 valence electrons. The summed E-state index contributed by atoms with van der Waals surface area (Å²) in [6.45, 7) is 3.49. The Labute approximate surface area is 175 Å². The van der Waals surface area contributed by atoms with Crippen molar-refractivity contribution in [3.8, 4) is 5.88 Å². The van der Waals surface area contributed by atoms with E-state index in [-0.39, 0.29) is 48.6 Å². The number of aromatic nitrogens is 2. The summed E-state index contributed by atoms with van der Waals surface area (Å²) in [4.78, 5) is 17.3. The number of nitrogens with zero attached hydrogens (tertiary/aromatic N) is 4. The van der Waals surface area contributed by atoms with Crippen molar-refractivity contribution in [2.45, 2.75) is 26.1 Å². The summed E-state index contributed by atoms with van der Waals surface area (Å²) in [5.74, 6) is -1.52. The van der Waals surface area contributed by atoms with Crippen LogP contribution in [-0.2, 0) is 16.0 Å². The molecule has 1 aliphatic rings. The molecule has 30 heavy (non-hydrogen) atoms. The van der Waals surface area contributed by atoms with E-state index in [1.165, 1.54) is 12.1 Å². The molecule has 11 nitrogen and oxygen atoms in total. The molecule has 1 aromatic heterocycles. The molecule has 0 radical (unpaired) electrons. The third-order valence-electron chi connectivity index (χ3n) is 3.91. The van der Waals surface area contributed by atoms with E-state index >= 15 is 0 Å². The smallest absolute Gasteiger partial charge is 0.343 e. The quantitative estimate of drug-likeness (QED) is 0.288. The lowest BCUT2D eigenvalue weighted by Gasteiger charge is -2.17. The van der Waals surface area contributed by atoms with E-state index in [0.29, 0.717) is 5.56 Å². The van der Waals surface area contributed by atoms with Gasteiger partial charge in [0.2, 0.25) is 0 Å². The number of carbonyl (C=O) groups is 1. The topological polar surface area (TPSA) is 132 Å². The zero-order valence-electron chi connectivity index (χ0n) is 16.1. The Morgan fingerprint density at radius 2 is 2.27 bits per heavy atom. The van der Waals surface area contributed by atoms with Crippen LogP contribution in [0.3, 0.4) is 0 Å². The fraction of sp³-hybridized carbons (Fsp3) is 0.412. The lowest BCUT2D eigenvalue weighted by atomic mass is 10.1. The number of hydrogen-bond donors (Lipinski definition) is 2. The first-order chi connectivity index (χ1) is 14.3. The van der Waals surface area contributed by atoms with Gasteiger partial charge < -0.3 is 20.0 Å². The molecule has 1 saturated heterocycles. The van der Waals surface area contributed by atoms with Crippen LogP contribution in [0.5, 0.6) is 5.88 Å². The van der Waals surface area contributed by atoms with Crippen molar-refractivity contribution >= 4 is 23.3 Å². The average Bonchev–Trinajstić information content (AvgIpc) is 3.32. The largest absolute Gasteiger partial charge is 0.472 e. The Hall–Kier alpha value is -2.96. The van der Waals surface area contributed by atoms with Crippen molar-refractivity contribution in [1.82, 2.24) is 20.7 Å². The molecule has 2 N–H and O–H groups in total. The number of rotatable bonds is 7. The van der Waals surface area contributed by atoms with Crippen LogP contribution in [0, 0.1) is 5.82 Å². The van der Waals surface area contributed by atoms with Crippen LogP contribution >= 0.6 is 11.6 Å². The lowest BCUT2D eigenvalue weighted by molar-refractivity contribution is -0.192. The van der Waals surface area contributed by atoms with Gasteiger partial charge in [0.05, 0.1) is 11.6 Å². The van der Waals surface area contributed by atoms with Gasteiger partial charge in [0.15, 0.2) is 18.2 Å². The van der Waals surface area contributed by atoms with Crippen LogP contribution in [0.1, 0.15) is 25.1 Å². The van der Waals surface area contributed by atoms with Crippen LogP contribution in [-0.4, -0.2) is 58.0 Å². The van der Waals surface area contributed by atoms with Crippen LogP contribution < -0.4 is 10.1 Å². The number of amides is 2. The first-order valence-corrected chi connectivity index (χ1v) is 9.16. The summed E-state index contributed by atoms with van der Waals surface area (Å²) in [5, 5.41) is 23.4. The van der Waals surface area contributed by atoms with E-state index in [9.17, 15) is 14.4 Å². The number of benzene rings is 1. The monoisotopic (exact) mass is 443 g/mol. The Bertz CT molecular complexity index is 937. The van der Waals surface area contributed by atoms with Crippen molar-refractivity contribution < 1.29 is 33.3 Å². The second-order valence-electron chi connectivity index (χ2n) is 6.61. The Kier molecular flexibility index (Phi) is 6.70. The minimum absolute atomic E-state index is 0.00133. The van der Waals surface area contributed by atoms with Gasteiger partial charge in [0.1, 0.15) is 18.1 Å². The van der Waals surface area contributed by atoms with Crippen molar-refractivity contribution in [2.75, 3.05) is 19.9 Å². The minimum Gasteiger partial charge on any atom is -0.472 e. The summed E-state index contributed by atoms with van der Waals surface area (Å²) in [5.41, 5.74) is 0.570. The SMILES string of the molecule is CC1(C)OCN(C(=O)NCCOc2nonc2C(Cc2ccc(Cl)c(F)c2)=NO)O1. The van der Waals surface area contributed by atoms with Crippen molar-refractivity contribution in [2.24, 2.45) is 5.16 Å². The number of hydroxylamine groups is 2. The van der Waals surface area contributed by atoms with Gasteiger partial charge in [0, 0.05) is 6.42 Å². The maximum atomic E-state index is 13.6. The molecule has 0 saturated carbocycles. The molecule has 1 fully saturated rings. The third kappa shape index (κ3) is 5.34. The highest BCUT2D eigenvalue weighted by Crippen LogP contribution is 2.21. The summed E-state index contributed by atoms with van der Waals surface area (Å²) in [6, 6.07) is 3.68. The van der Waals surface area contributed by atoms with E-state index in [4.69, 9.17) is 25.9 Å². The van der Waals surface area contributed by atoms with Gasteiger partial charge >= 0.3 is 6.03 Å². The summed E-state index contributed by atoms with van der Waals surface area (Å²) >= 11 is 5.66. The molecular formula is C17H19ClFN5O6. The number of ether oxygens (including phenoxy) is 2. The van der Waals surface area contributed by atoms with E-state index in [1.807, 2.05) is 0 Å². The van der Waals surface area contributed by atoms with Gasteiger partial charge in [-0.05, 0) is 41.9 Å². The van der Waals surface area contributed by atoms with E-state index in [0.717, 1.165) is 5.06 Å². The zero-order valence-corrected chi connectivity index (χ0v) is 16.8. The number of urea groups is 1. The van der Waals surface area contributed by atoms with Crippen LogP contribution in [0.25, 0.3) is 0 Å². The van der Waals surface area contributed by atoms with Gasteiger partial charge in [-0.25, -0.2) is 18.7 Å². The molecule has 1 aromatic carbocycles. The Morgan fingerprint density at radius 3 is 2.93 bits per heavy atom. The highest BCUT2D eigenvalue weighted by molar-refractivity contribution is 6.30. The highest BCUT2D eigenvalue weighted by atomic mass is 35.5. The van der Waals surface area contributed by atoms with Gasteiger partial charge in [-0.3, -0.25) is 0 Å². The minimum atomic E-state index is -0.873. The van der Waals surface area contributed by atoms with Crippen LogP contribution in [0.4, 0.5) is 9.18 Å². The second-order valence-corrected chi connectivity index (χ2v) is 7.02. The summed E-state index contributed by atoms with van der Waals surface area (Å²) < 4.78 is 29.0. The molecule has 2 aromatic rings. The first kappa shape index (κ1) is 21.7. The normalized spacial score (nSPS) is 16.0. The van der Waals surface area contributed by atoms with Gasteiger partial charge in [-0.1, -0.05) is 22.8 Å². The lowest BCUT2D eigenvalue weighted by Crippen LogP contribution is -2.40. The number of oxime groups is 1. The van der Waals surface area contributed by atoms with Gasteiger partial charge in [-0.2, -0.15) is 5.06 Å². The molecule has 0 atom stereocenters. The van der Waals surface area contributed by atoms with Crippen molar-refractivity contribution in [3.05, 3.63) is 40.3 Å². The fourth-order valence-electron chi connectivity index (χ4n) is 2.49. The molecular weight excluding hydrogens is 425 g/mol. The average molecular weight is 444 g/mol. The summed E-state index contributed by atoms with van der Waals surface area (Å²) in [6.07, 6.45) is 0.0218. The molecule has 0 bridgehead atoms. The van der Waals surface area contributed by atoms with E-state index < -0.39 is 17.6 Å². The molecule has 2 heterocycles. The molecule has 0 unspecified atom stereocenters. The second kappa shape index (κ2) is 9.24. The highest BCUT2D eigenvalue weighted by Gasteiger charge is 2.34. The summed E-state index contributed by atoms with van der Waals surface area (Å²) in [7, 11) is 0. The molecule has 2 amide bonds. The Balaban J connectivity index is 1.53. The predicted octanol–water partition coefficient (Wildman–Crippen LogP) is 2.33. The van der Waals surface area contributed by atoms with Gasteiger partial charge in [-0.15, -0.1) is 0 Å². The molecule has 13 heteroatoms. The fourth-order valence-corrected chi connectivity index (χ4v) is 2.60. The van der Waals surface area contributed by atoms with Crippen molar-refractivity contribution in [1.29, 1.82) is 0 Å². The number of carbonyl (C=O) groups excluding carboxylic acids is 1. The molecule has 3 rings (SSSR count). The third-order valence-corrected chi connectivity index (χ3v) is 4.22.